The lowest BCUT2D eigenvalue weighted by atomic mass is 10.1. The summed E-state index contributed by atoms with van der Waals surface area (Å²) in [5.74, 6) is -1.41. The number of nitrogens with one attached hydrogen (secondary N) is 1. The first-order valence-corrected chi connectivity index (χ1v) is 11.7. The number of barbiturate groups is 1. The average Bonchev–Trinajstić information content (AvgIpc) is 3.24. The molecule has 0 spiro atoms. The summed E-state index contributed by atoms with van der Waals surface area (Å²) in [6.45, 7) is 9.71. The molecule has 1 fully saturated rings. The van der Waals surface area contributed by atoms with Gasteiger partial charge in [-0.15, -0.1) is 11.3 Å². The van der Waals surface area contributed by atoms with E-state index in [1.54, 1.807) is 12.1 Å². The van der Waals surface area contributed by atoms with Gasteiger partial charge < -0.3 is 4.57 Å². The summed E-state index contributed by atoms with van der Waals surface area (Å²) in [5.41, 5.74) is 5.23. The smallest absolute Gasteiger partial charge is 0.308 e. The standard InChI is InChI=1S/C26H24N4O3S/c1-6-18-7-9-20(10-8-18)30-24(32)21(23(31)28-26(30)33)12-19-11-14(2)29(16(19)4)25-22(13-27)15(3)17(5)34-25/h7-12H,6H2,1-5H3,(H,28,31,33)/b21-12-. The molecule has 7 nitrogen and oxygen atoms in total. The van der Waals surface area contributed by atoms with E-state index in [9.17, 15) is 19.6 Å². The van der Waals surface area contributed by atoms with Crippen molar-refractivity contribution in [3.05, 3.63) is 74.4 Å². The molecule has 2 aromatic heterocycles. The molecule has 3 heterocycles. The predicted octanol–water partition coefficient (Wildman–Crippen LogP) is 4.87. The van der Waals surface area contributed by atoms with Gasteiger partial charge in [0.15, 0.2) is 0 Å². The van der Waals surface area contributed by atoms with Gasteiger partial charge in [-0.1, -0.05) is 19.1 Å². The first-order valence-electron chi connectivity index (χ1n) is 10.9. The molecule has 1 N–H and O–H groups in total. The second-order valence-electron chi connectivity index (χ2n) is 8.21. The quantitative estimate of drug-likeness (QED) is 0.433. The highest BCUT2D eigenvalue weighted by Crippen LogP contribution is 2.34. The molecule has 1 aliphatic rings. The van der Waals surface area contributed by atoms with Crippen LogP contribution in [0, 0.1) is 39.0 Å². The summed E-state index contributed by atoms with van der Waals surface area (Å²) >= 11 is 1.53. The van der Waals surface area contributed by atoms with Crippen molar-refractivity contribution in [2.75, 3.05) is 4.90 Å². The van der Waals surface area contributed by atoms with Gasteiger partial charge in [-0.05, 0) is 75.1 Å². The van der Waals surface area contributed by atoms with Crippen LogP contribution in [-0.2, 0) is 16.0 Å². The molecular formula is C26H24N4O3S. The Morgan fingerprint density at radius 1 is 1.09 bits per heavy atom. The Hall–Kier alpha value is -3.96. The number of hydrogen-bond acceptors (Lipinski definition) is 5. The molecule has 172 valence electrons. The number of aromatic nitrogens is 1. The number of urea groups is 1. The number of aryl methyl sites for hydroxylation is 3. The van der Waals surface area contributed by atoms with Gasteiger partial charge in [0.1, 0.15) is 16.6 Å². The van der Waals surface area contributed by atoms with Crippen LogP contribution >= 0.6 is 11.3 Å². The Bertz CT molecular complexity index is 1420. The third-order valence-corrected chi connectivity index (χ3v) is 7.35. The number of amides is 4. The number of thiophene rings is 1. The van der Waals surface area contributed by atoms with Crippen LogP contribution < -0.4 is 10.2 Å². The lowest BCUT2D eigenvalue weighted by Gasteiger charge is -2.26. The minimum Gasteiger partial charge on any atom is -0.308 e. The van der Waals surface area contributed by atoms with Gasteiger partial charge in [-0.25, -0.2) is 9.69 Å². The number of carbonyl (C=O) groups is 3. The van der Waals surface area contributed by atoms with E-state index in [1.165, 1.54) is 17.4 Å². The van der Waals surface area contributed by atoms with Gasteiger partial charge in [0.25, 0.3) is 11.8 Å². The number of hydrogen-bond donors (Lipinski definition) is 1. The van der Waals surface area contributed by atoms with Crippen molar-refractivity contribution in [2.45, 2.75) is 41.0 Å². The topological polar surface area (TPSA) is 95.2 Å². The van der Waals surface area contributed by atoms with Gasteiger partial charge >= 0.3 is 6.03 Å². The summed E-state index contributed by atoms with van der Waals surface area (Å²) in [6.07, 6.45) is 2.34. The number of nitriles is 1. The van der Waals surface area contributed by atoms with E-state index in [0.717, 1.165) is 43.7 Å². The first-order chi connectivity index (χ1) is 16.2. The van der Waals surface area contributed by atoms with Crippen LogP contribution in [-0.4, -0.2) is 22.4 Å². The second-order valence-corrected chi connectivity index (χ2v) is 9.42. The molecule has 0 saturated carbocycles. The minimum absolute atomic E-state index is 0.126. The maximum Gasteiger partial charge on any atom is 0.335 e. The van der Waals surface area contributed by atoms with Crippen LogP contribution in [0.25, 0.3) is 11.1 Å². The van der Waals surface area contributed by atoms with E-state index in [0.29, 0.717) is 16.8 Å². The maximum atomic E-state index is 13.3. The Kier molecular flexibility index (Phi) is 5.98. The van der Waals surface area contributed by atoms with E-state index < -0.39 is 17.8 Å². The lowest BCUT2D eigenvalue weighted by molar-refractivity contribution is -0.122. The summed E-state index contributed by atoms with van der Waals surface area (Å²) < 4.78 is 1.97. The fraction of sp³-hybridized carbons (Fsp3) is 0.231. The van der Waals surface area contributed by atoms with E-state index in [-0.39, 0.29) is 5.57 Å². The molecule has 8 heteroatoms. The maximum absolute atomic E-state index is 13.3. The molecule has 0 aliphatic carbocycles. The Morgan fingerprint density at radius 2 is 1.76 bits per heavy atom. The molecule has 1 aromatic carbocycles. The SMILES string of the molecule is CCc1ccc(N2C(=O)NC(=O)/C(=C/c3cc(C)n(-c4sc(C)c(C)c4C#N)c3C)C2=O)cc1. The molecule has 34 heavy (non-hydrogen) atoms. The number of anilines is 1. The molecule has 0 unspecified atom stereocenters. The Balaban J connectivity index is 1.78. The fourth-order valence-corrected chi connectivity index (χ4v) is 5.29. The summed E-state index contributed by atoms with van der Waals surface area (Å²) in [4.78, 5) is 40.4. The molecule has 3 aromatic rings. The second kappa shape index (κ2) is 8.76. The third kappa shape index (κ3) is 3.74. The number of benzene rings is 1. The average molecular weight is 473 g/mol. The molecule has 0 radical (unpaired) electrons. The number of imide groups is 2. The summed E-state index contributed by atoms with van der Waals surface area (Å²) in [7, 11) is 0. The molecule has 4 amide bonds. The molecule has 1 saturated heterocycles. The minimum atomic E-state index is -0.773. The van der Waals surface area contributed by atoms with E-state index in [4.69, 9.17) is 0 Å². The van der Waals surface area contributed by atoms with Gasteiger partial charge in [0.05, 0.1) is 11.3 Å². The van der Waals surface area contributed by atoms with Crippen molar-refractivity contribution in [1.29, 1.82) is 5.26 Å². The summed E-state index contributed by atoms with van der Waals surface area (Å²) in [6, 6.07) is 10.5. The van der Waals surface area contributed by atoms with Crippen LogP contribution in [0.1, 0.15) is 45.4 Å². The predicted molar refractivity (Wildman–Crippen MR) is 132 cm³/mol. The molecule has 4 rings (SSSR count). The molecular weight excluding hydrogens is 448 g/mol. The highest BCUT2D eigenvalue weighted by atomic mass is 32.1. The monoisotopic (exact) mass is 472 g/mol. The van der Waals surface area contributed by atoms with Crippen molar-refractivity contribution in [3.63, 3.8) is 0 Å². The van der Waals surface area contributed by atoms with Crippen LogP contribution in [0.4, 0.5) is 10.5 Å². The summed E-state index contributed by atoms with van der Waals surface area (Å²) in [5, 5.41) is 12.8. The van der Waals surface area contributed by atoms with Crippen molar-refractivity contribution >= 4 is 40.9 Å². The van der Waals surface area contributed by atoms with Crippen molar-refractivity contribution in [1.82, 2.24) is 9.88 Å². The van der Waals surface area contributed by atoms with E-state index in [1.807, 2.05) is 57.4 Å². The fourth-order valence-electron chi connectivity index (χ4n) is 4.07. The molecule has 1 aliphatic heterocycles. The van der Waals surface area contributed by atoms with Crippen molar-refractivity contribution in [3.8, 4) is 11.1 Å². The van der Waals surface area contributed by atoms with Gasteiger partial charge in [0.2, 0.25) is 0 Å². The molecule has 0 bridgehead atoms. The third-order valence-electron chi connectivity index (χ3n) is 6.16. The first kappa shape index (κ1) is 23.2. The number of rotatable bonds is 4. The van der Waals surface area contributed by atoms with Crippen LogP contribution in [0.3, 0.4) is 0 Å². The zero-order chi connectivity index (χ0) is 24.7. The number of carbonyl (C=O) groups excluding carboxylic acids is 3. The van der Waals surface area contributed by atoms with E-state index >= 15 is 0 Å². The van der Waals surface area contributed by atoms with E-state index in [2.05, 4.69) is 11.4 Å². The van der Waals surface area contributed by atoms with Crippen molar-refractivity contribution < 1.29 is 14.4 Å². The van der Waals surface area contributed by atoms with Crippen LogP contribution in [0.15, 0.2) is 35.9 Å². The normalized spacial score (nSPS) is 15.1. The van der Waals surface area contributed by atoms with Gasteiger partial charge in [-0.2, -0.15) is 5.26 Å². The van der Waals surface area contributed by atoms with Crippen LogP contribution in [0.5, 0.6) is 0 Å². The zero-order valence-corrected chi connectivity index (χ0v) is 20.5. The lowest BCUT2D eigenvalue weighted by Crippen LogP contribution is -2.54. The van der Waals surface area contributed by atoms with Gasteiger partial charge in [-0.3, -0.25) is 14.9 Å². The molecule has 0 atom stereocenters. The Labute approximate surface area is 201 Å². The highest BCUT2D eigenvalue weighted by molar-refractivity contribution is 7.14. The largest absolute Gasteiger partial charge is 0.335 e. The van der Waals surface area contributed by atoms with Crippen molar-refractivity contribution in [2.24, 2.45) is 0 Å². The van der Waals surface area contributed by atoms with Crippen LogP contribution in [0.2, 0.25) is 0 Å². The zero-order valence-electron chi connectivity index (χ0n) is 19.6. The Morgan fingerprint density at radius 3 is 2.38 bits per heavy atom. The highest BCUT2D eigenvalue weighted by Gasteiger charge is 2.37. The van der Waals surface area contributed by atoms with Gasteiger partial charge in [0, 0.05) is 16.3 Å². The number of nitrogens with zero attached hydrogens (tertiary/aromatic N) is 3.